The van der Waals surface area contributed by atoms with Gasteiger partial charge in [-0.1, -0.05) is 11.8 Å². The number of hydrogen-bond donors (Lipinski definition) is 1. The Morgan fingerprint density at radius 1 is 1.56 bits per heavy atom. The molecule has 7 heteroatoms. The Balaban J connectivity index is 1.97. The van der Waals surface area contributed by atoms with Crippen LogP contribution in [0.1, 0.15) is 20.4 Å². The molecule has 0 aliphatic rings. The largest absolute Gasteiger partial charge is 0.477 e. The average molecular weight is 272 g/mol. The van der Waals surface area contributed by atoms with Gasteiger partial charge < -0.3 is 5.11 Å². The van der Waals surface area contributed by atoms with Crippen LogP contribution in [-0.2, 0) is 5.75 Å². The van der Waals surface area contributed by atoms with E-state index in [1.54, 1.807) is 17.8 Å². The number of carboxylic acid groups (broad SMARTS) is 1. The van der Waals surface area contributed by atoms with E-state index in [1.165, 1.54) is 22.9 Å². The number of aromatic carboxylic acids is 1. The van der Waals surface area contributed by atoms with E-state index in [0.717, 1.165) is 20.8 Å². The summed E-state index contributed by atoms with van der Waals surface area (Å²) in [4.78, 5) is 16.3. The molecule has 0 radical (unpaired) electrons. The Labute approximate surface area is 105 Å². The molecule has 0 fully saturated rings. The van der Waals surface area contributed by atoms with E-state index >= 15 is 0 Å². The van der Waals surface area contributed by atoms with E-state index in [0.29, 0.717) is 4.88 Å². The summed E-state index contributed by atoms with van der Waals surface area (Å²) in [6.45, 7) is 1.86. The molecular weight excluding hydrogens is 264 g/mol. The first-order valence-corrected chi connectivity index (χ1v) is 6.98. The molecule has 0 bridgehead atoms. The van der Waals surface area contributed by atoms with E-state index in [9.17, 15) is 4.79 Å². The van der Waals surface area contributed by atoms with Crippen LogP contribution < -0.4 is 0 Å². The third kappa shape index (κ3) is 2.81. The maximum Gasteiger partial charge on any atom is 0.345 e. The van der Waals surface area contributed by atoms with Crippen molar-refractivity contribution in [2.75, 3.05) is 0 Å². The predicted molar refractivity (Wildman–Crippen MR) is 65.5 cm³/mol. The molecule has 0 aliphatic carbocycles. The van der Waals surface area contributed by atoms with Crippen LogP contribution in [0, 0.1) is 6.92 Å². The summed E-state index contributed by atoms with van der Waals surface area (Å²) in [5, 5.41) is 8.77. The molecule has 2 heterocycles. The zero-order valence-electron chi connectivity index (χ0n) is 8.34. The van der Waals surface area contributed by atoms with Crippen molar-refractivity contribution in [2.24, 2.45) is 0 Å². The van der Waals surface area contributed by atoms with Crippen LogP contribution in [0.2, 0.25) is 0 Å². The molecule has 2 aromatic rings. The van der Waals surface area contributed by atoms with Crippen molar-refractivity contribution in [1.82, 2.24) is 9.36 Å². The molecule has 0 atom stereocenters. The highest BCUT2D eigenvalue weighted by Gasteiger charge is 2.08. The van der Waals surface area contributed by atoms with Crippen molar-refractivity contribution < 1.29 is 9.90 Å². The Morgan fingerprint density at radius 3 is 2.94 bits per heavy atom. The van der Waals surface area contributed by atoms with Gasteiger partial charge in [-0.15, -0.1) is 11.3 Å². The van der Waals surface area contributed by atoms with Crippen LogP contribution in [0.4, 0.5) is 0 Å². The van der Waals surface area contributed by atoms with Crippen molar-refractivity contribution >= 4 is 40.6 Å². The minimum Gasteiger partial charge on any atom is -0.477 e. The van der Waals surface area contributed by atoms with Gasteiger partial charge in [-0.25, -0.2) is 9.78 Å². The van der Waals surface area contributed by atoms with Gasteiger partial charge in [0.1, 0.15) is 10.7 Å². The molecule has 0 unspecified atom stereocenters. The highest BCUT2D eigenvalue weighted by Crippen LogP contribution is 2.27. The molecule has 0 saturated heterocycles. The highest BCUT2D eigenvalue weighted by molar-refractivity contribution is 8.00. The van der Waals surface area contributed by atoms with Crippen LogP contribution in [0.5, 0.6) is 0 Å². The summed E-state index contributed by atoms with van der Waals surface area (Å²) in [6, 6.07) is 3.48. The molecule has 0 aliphatic heterocycles. The molecule has 84 valence electrons. The fourth-order valence-corrected chi connectivity index (χ4v) is 3.58. The van der Waals surface area contributed by atoms with Crippen molar-refractivity contribution in [2.45, 2.75) is 17.0 Å². The molecule has 0 aromatic carbocycles. The fraction of sp³-hybridized carbons (Fsp3) is 0.222. The van der Waals surface area contributed by atoms with E-state index < -0.39 is 5.97 Å². The lowest BCUT2D eigenvalue weighted by molar-refractivity contribution is 0.0702. The van der Waals surface area contributed by atoms with Gasteiger partial charge in [-0.3, -0.25) is 0 Å². The van der Waals surface area contributed by atoms with E-state index in [1.807, 2.05) is 13.0 Å². The van der Waals surface area contributed by atoms with Crippen LogP contribution >= 0.6 is 34.6 Å². The minimum atomic E-state index is -0.868. The number of thioether (sulfide) groups is 1. The summed E-state index contributed by atoms with van der Waals surface area (Å²) < 4.78 is 5.00. The molecule has 2 rings (SSSR count). The van der Waals surface area contributed by atoms with Crippen molar-refractivity contribution in [3.05, 3.63) is 27.7 Å². The zero-order chi connectivity index (χ0) is 11.5. The van der Waals surface area contributed by atoms with Crippen LogP contribution in [-0.4, -0.2) is 20.4 Å². The summed E-state index contributed by atoms with van der Waals surface area (Å²) in [5.41, 5.74) is 0. The summed E-state index contributed by atoms with van der Waals surface area (Å²) in [7, 11) is 0. The Kier molecular flexibility index (Phi) is 3.57. The number of carbonyl (C=O) groups is 1. The Hall–Kier alpha value is -0.920. The predicted octanol–water partition coefficient (Wildman–Crippen LogP) is 2.90. The zero-order valence-corrected chi connectivity index (χ0v) is 10.8. The van der Waals surface area contributed by atoms with Crippen molar-refractivity contribution in [3.63, 3.8) is 0 Å². The van der Waals surface area contributed by atoms with Gasteiger partial charge in [0, 0.05) is 10.6 Å². The third-order valence-electron chi connectivity index (χ3n) is 1.72. The average Bonchev–Trinajstić information content (AvgIpc) is 2.83. The van der Waals surface area contributed by atoms with Gasteiger partial charge in [0.2, 0.25) is 0 Å². The molecule has 0 spiro atoms. The maximum atomic E-state index is 10.7. The number of thiophene rings is 1. The number of hydrogen-bond acceptors (Lipinski definition) is 6. The SMILES string of the molecule is Cc1nsc(SCc2ccc(C(=O)O)s2)n1. The fourth-order valence-electron chi connectivity index (χ4n) is 1.04. The molecule has 4 nitrogen and oxygen atoms in total. The number of nitrogens with zero attached hydrogens (tertiary/aromatic N) is 2. The van der Waals surface area contributed by atoms with Gasteiger partial charge in [0.15, 0.2) is 4.34 Å². The normalized spacial score (nSPS) is 10.6. The van der Waals surface area contributed by atoms with Crippen molar-refractivity contribution in [3.8, 4) is 0 Å². The first-order chi connectivity index (χ1) is 7.65. The number of carboxylic acids is 1. The molecule has 16 heavy (non-hydrogen) atoms. The lowest BCUT2D eigenvalue weighted by atomic mass is 10.4. The monoisotopic (exact) mass is 272 g/mol. The summed E-state index contributed by atoms with van der Waals surface area (Å²) >= 11 is 4.26. The first kappa shape index (κ1) is 11.6. The topological polar surface area (TPSA) is 63.1 Å². The third-order valence-corrected chi connectivity index (χ3v) is 4.95. The molecule has 2 aromatic heterocycles. The van der Waals surface area contributed by atoms with Gasteiger partial charge >= 0.3 is 5.97 Å². The molecule has 0 saturated carbocycles. The lowest BCUT2D eigenvalue weighted by Gasteiger charge is -1.92. The maximum absolute atomic E-state index is 10.7. The number of rotatable bonds is 4. The van der Waals surface area contributed by atoms with Gasteiger partial charge in [-0.05, 0) is 30.6 Å². The number of aromatic nitrogens is 2. The quantitative estimate of drug-likeness (QED) is 0.867. The summed E-state index contributed by atoms with van der Waals surface area (Å²) in [5.74, 6) is 0.657. The molecule has 1 N–H and O–H groups in total. The second kappa shape index (κ2) is 4.94. The van der Waals surface area contributed by atoms with Gasteiger partial charge in [-0.2, -0.15) is 4.37 Å². The van der Waals surface area contributed by atoms with Crippen molar-refractivity contribution in [1.29, 1.82) is 0 Å². The summed E-state index contributed by atoms with van der Waals surface area (Å²) in [6.07, 6.45) is 0. The molecule has 0 amide bonds. The van der Waals surface area contributed by atoms with E-state index in [-0.39, 0.29) is 0 Å². The Bertz CT molecular complexity index is 506. The van der Waals surface area contributed by atoms with Crippen LogP contribution in [0.15, 0.2) is 16.5 Å². The highest BCUT2D eigenvalue weighted by atomic mass is 32.2. The van der Waals surface area contributed by atoms with E-state index in [4.69, 9.17) is 5.11 Å². The minimum absolute atomic E-state index is 0.379. The second-order valence-electron chi connectivity index (χ2n) is 2.97. The van der Waals surface area contributed by atoms with Gasteiger partial charge in [0.25, 0.3) is 0 Å². The standard InChI is InChI=1S/C9H8N2O2S3/c1-5-10-9(16-11-5)14-4-6-2-3-7(15-6)8(12)13/h2-3H,4H2,1H3,(H,12,13). The van der Waals surface area contributed by atoms with Crippen LogP contribution in [0.25, 0.3) is 0 Å². The van der Waals surface area contributed by atoms with Gasteiger partial charge in [0.05, 0.1) is 0 Å². The second-order valence-corrected chi connectivity index (χ2v) is 6.11. The lowest BCUT2D eigenvalue weighted by Crippen LogP contribution is -1.89. The van der Waals surface area contributed by atoms with Crippen LogP contribution in [0.3, 0.4) is 0 Å². The smallest absolute Gasteiger partial charge is 0.345 e. The molecular formula is C9H8N2O2S3. The number of aryl methyl sites for hydroxylation is 1. The Morgan fingerprint density at radius 2 is 2.38 bits per heavy atom. The van der Waals surface area contributed by atoms with E-state index in [2.05, 4.69) is 9.36 Å². The first-order valence-electron chi connectivity index (χ1n) is 4.40.